The van der Waals surface area contributed by atoms with E-state index in [1.54, 1.807) is 31.2 Å². The van der Waals surface area contributed by atoms with Crippen LogP contribution in [0.5, 0.6) is 5.75 Å². The largest absolute Gasteiger partial charge is 0.490 e. The van der Waals surface area contributed by atoms with E-state index < -0.39 is 11.6 Å². The minimum absolute atomic E-state index is 0.386. The summed E-state index contributed by atoms with van der Waals surface area (Å²) in [7, 11) is 0. The lowest BCUT2D eigenvalue weighted by Gasteiger charge is -2.25. The number of rotatable bonds is 8. The molecule has 1 aliphatic rings. The van der Waals surface area contributed by atoms with Gasteiger partial charge in [-0.1, -0.05) is 67.6 Å². The van der Waals surface area contributed by atoms with Gasteiger partial charge in [-0.2, -0.15) is 0 Å². The zero-order valence-electron chi connectivity index (χ0n) is 17.8. The van der Waals surface area contributed by atoms with Crippen LogP contribution >= 0.6 is 0 Å². The van der Waals surface area contributed by atoms with Crippen molar-refractivity contribution in [2.75, 3.05) is 13.2 Å². The van der Waals surface area contributed by atoms with Crippen LogP contribution in [-0.4, -0.2) is 24.3 Å². The second-order valence-electron chi connectivity index (χ2n) is 7.73. The summed E-state index contributed by atoms with van der Waals surface area (Å²) in [5.74, 6) is -0.318. The molecule has 0 saturated heterocycles. The van der Waals surface area contributed by atoms with Crippen molar-refractivity contribution in [3.63, 3.8) is 0 Å². The van der Waals surface area contributed by atoms with Crippen LogP contribution in [0.4, 0.5) is 0 Å². The second-order valence-corrected chi connectivity index (χ2v) is 7.73. The third-order valence-corrected chi connectivity index (χ3v) is 5.67. The summed E-state index contributed by atoms with van der Waals surface area (Å²) in [6.07, 6.45) is 2.86. The van der Waals surface area contributed by atoms with Gasteiger partial charge in [0.25, 0.3) is 0 Å². The Kier molecular flexibility index (Phi) is 5.92. The smallest absolute Gasteiger partial charge is 0.340 e. The number of hydrogen-bond acceptors (Lipinski definition) is 3. The normalized spacial score (nSPS) is 13.8. The Hall–Kier alpha value is -3.37. The van der Waals surface area contributed by atoms with Gasteiger partial charge in [0.1, 0.15) is 12.4 Å². The van der Waals surface area contributed by atoms with Crippen molar-refractivity contribution in [1.82, 2.24) is 0 Å². The summed E-state index contributed by atoms with van der Waals surface area (Å²) in [5.41, 5.74) is 5.32. The number of hydrogen-bond donors (Lipinski definition) is 1. The van der Waals surface area contributed by atoms with Crippen LogP contribution in [0.1, 0.15) is 37.0 Å². The SMILES string of the molecule is CCCOC(C)(C(=O)O)c1ccc(OCC=C2c3ccccc3-c3ccccc32)cc1. The van der Waals surface area contributed by atoms with E-state index in [2.05, 4.69) is 54.6 Å². The summed E-state index contributed by atoms with van der Waals surface area (Å²) >= 11 is 0. The molecule has 0 saturated carbocycles. The van der Waals surface area contributed by atoms with E-state index >= 15 is 0 Å². The van der Waals surface area contributed by atoms with E-state index in [9.17, 15) is 9.90 Å². The molecule has 0 aliphatic heterocycles. The maximum absolute atomic E-state index is 11.8. The molecule has 1 N–H and O–H groups in total. The molecular weight excluding hydrogens is 388 g/mol. The first-order valence-corrected chi connectivity index (χ1v) is 10.5. The maximum Gasteiger partial charge on any atom is 0.340 e. The summed E-state index contributed by atoms with van der Waals surface area (Å²) < 4.78 is 11.6. The minimum atomic E-state index is -1.37. The molecule has 3 aromatic carbocycles. The number of carboxylic acids is 1. The van der Waals surface area contributed by atoms with Crippen molar-refractivity contribution < 1.29 is 19.4 Å². The van der Waals surface area contributed by atoms with Gasteiger partial charge in [-0.3, -0.25) is 0 Å². The van der Waals surface area contributed by atoms with Crippen LogP contribution < -0.4 is 4.74 Å². The van der Waals surface area contributed by atoms with Crippen molar-refractivity contribution in [3.8, 4) is 16.9 Å². The molecule has 0 heterocycles. The van der Waals surface area contributed by atoms with Crippen molar-refractivity contribution in [2.24, 2.45) is 0 Å². The van der Waals surface area contributed by atoms with Gasteiger partial charge in [-0.05, 0) is 64.9 Å². The van der Waals surface area contributed by atoms with Gasteiger partial charge in [-0.15, -0.1) is 0 Å². The van der Waals surface area contributed by atoms with Gasteiger partial charge in [0.2, 0.25) is 0 Å². The number of carboxylic acid groups (broad SMARTS) is 1. The summed E-state index contributed by atoms with van der Waals surface area (Å²) in [6.45, 7) is 4.34. The molecular formula is C27H26O4. The Bertz CT molecular complexity index is 1070. The van der Waals surface area contributed by atoms with E-state index in [0.717, 1.165) is 6.42 Å². The zero-order valence-corrected chi connectivity index (χ0v) is 17.8. The minimum Gasteiger partial charge on any atom is -0.490 e. The third kappa shape index (κ3) is 3.99. The average Bonchev–Trinajstić information content (AvgIpc) is 3.12. The molecule has 0 radical (unpaired) electrons. The zero-order chi connectivity index (χ0) is 21.8. The highest BCUT2D eigenvalue weighted by atomic mass is 16.5. The molecule has 1 unspecified atom stereocenters. The lowest BCUT2D eigenvalue weighted by atomic mass is 9.96. The molecule has 3 aromatic rings. The topological polar surface area (TPSA) is 55.8 Å². The molecule has 0 spiro atoms. The van der Waals surface area contributed by atoms with Crippen molar-refractivity contribution in [1.29, 1.82) is 0 Å². The highest BCUT2D eigenvalue weighted by molar-refractivity contribution is 6.01. The highest BCUT2D eigenvalue weighted by Crippen LogP contribution is 2.43. The highest BCUT2D eigenvalue weighted by Gasteiger charge is 2.36. The maximum atomic E-state index is 11.8. The van der Waals surface area contributed by atoms with E-state index in [-0.39, 0.29) is 0 Å². The van der Waals surface area contributed by atoms with E-state index in [1.807, 2.05) is 6.92 Å². The molecule has 0 bridgehead atoms. The number of fused-ring (bicyclic) bond motifs is 3. The monoisotopic (exact) mass is 414 g/mol. The molecule has 0 aromatic heterocycles. The van der Waals surface area contributed by atoms with Crippen LogP contribution in [0.2, 0.25) is 0 Å². The Labute approximate surface area is 182 Å². The predicted molar refractivity (Wildman–Crippen MR) is 122 cm³/mol. The van der Waals surface area contributed by atoms with Gasteiger partial charge < -0.3 is 14.6 Å². The van der Waals surface area contributed by atoms with Crippen molar-refractivity contribution in [2.45, 2.75) is 25.9 Å². The first-order chi connectivity index (χ1) is 15.0. The molecule has 1 aliphatic carbocycles. The molecule has 4 nitrogen and oxygen atoms in total. The molecule has 158 valence electrons. The standard InChI is InChI=1S/C27H26O4/c1-3-17-31-27(2,26(28)29)19-12-14-20(15-13-19)30-18-16-25-23-10-6-4-8-21(23)22-9-5-7-11-24(22)25/h4-16H,3,17-18H2,1-2H3,(H,28,29). The molecule has 31 heavy (non-hydrogen) atoms. The molecule has 0 amide bonds. The van der Waals surface area contributed by atoms with Crippen molar-refractivity contribution >= 4 is 11.5 Å². The Balaban J connectivity index is 1.51. The summed E-state index contributed by atoms with van der Waals surface area (Å²) in [4.78, 5) is 11.8. The van der Waals surface area contributed by atoms with Gasteiger partial charge in [0.05, 0.1) is 0 Å². The fraction of sp³-hybridized carbons (Fsp3) is 0.222. The quantitative estimate of drug-likeness (QED) is 0.390. The lowest BCUT2D eigenvalue weighted by molar-refractivity contribution is -0.165. The molecule has 4 rings (SSSR count). The number of benzene rings is 3. The van der Waals surface area contributed by atoms with Crippen LogP contribution in [0.25, 0.3) is 16.7 Å². The molecule has 1 atom stereocenters. The van der Waals surface area contributed by atoms with Crippen LogP contribution in [0, 0.1) is 0 Å². The van der Waals surface area contributed by atoms with Crippen LogP contribution in [0.3, 0.4) is 0 Å². The van der Waals surface area contributed by atoms with E-state index in [4.69, 9.17) is 9.47 Å². The van der Waals surface area contributed by atoms with Crippen molar-refractivity contribution in [3.05, 3.63) is 95.6 Å². The van der Waals surface area contributed by atoms with Gasteiger partial charge >= 0.3 is 5.97 Å². The molecule has 0 fully saturated rings. The summed E-state index contributed by atoms with van der Waals surface area (Å²) in [6, 6.07) is 23.9. The fourth-order valence-electron chi connectivity index (χ4n) is 3.94. The first-order valence-electron chi connectivity index (χ1n) is 10.5. The first kappa shape index (κ1) is 20.9. The predicted octanol–water partition coefficient (Wildman–Crippen LogP) is 5.90. The summed E-state index contributed by atoms with van der Waals surface area (Å²) in [5, 5.41) is 9.64. The average molecular weight is 415 g/mol. The Morgan fingerprint density at radius 3 is 1.97 bits per heavy atom. The fourth-order valence-corrected chi connectivity index (χ4v) is 3.94. The second kappa shape index (κ2) is 8.78. The molecule has 4 heteroatoms. The lowest BCUT2D eigenvalue weighted by Crippen LogP contribution is -2.35. The van der Waals surface area contributed by atoms with Gasteiger partial charge in [0.15, 0.2) is 5.60 Å². The van der Waals surface area contributed by atoms with Gasteiger partial charge in [-0.25, -0.2) is 4.79 Å². The third-order valence-electron chi connectivity index (χ3n) is 5.67. The number of aliphatic carboxylic acids is 1. The van der Waals surface area contributed by atoms with Crippen LogP contribution in [-0.2, 0) is 15.1 Å². The Morgan fingerprint density at radius 1 is 0.903 bits per heavy atom. The van der Waals surface area contributed by atoms with Crippen LogP contribution in [0.15, 0.2) is 78.9 Å². The Morgan fingerprint density at radius 2 is 1.45 bits per heavy atom. The number of ether oxygens (including phenoxy) is 2. The number of carbonyl (C=O) groups is 1. The van der Waals surface area contributed by atoms with E-state index in [0.29, 0.717) is 24.5 Å². The van der Waals surface area contributed by atoms with Gasteiger partial charge in [0, 0.05) is 6.61 Å². The van der Waals surface area contributed by atoms with E-state index in [1.165, 1.54) is 27.8 Å².